The normalized spacial score (nSPS) is 10.5. The molecule has 2 rings (SSSR count). The first-order valence-electron chi connectivity index (χ1n) is 2.81. The second kappa shape index (κ2) is 1.95. The molecule has 0 aliphatic carbocycles. The van der Waals surface area contributed by atoms with Gasteiger partial charge in [0, 0.05) is 29.7 Å². The largest absolute Gasteiger partial charge is 0.245 e. The van der Waals surface area contributed by atoms with E-state index in [1.807, 2.05) is 6.07 Å². The Balaban J connectivity index is 2.80. The van der Waals surface area contributed by atoms with E-state index in [4.69, 9.17) is 11.8 Å². The van der Waals surface area contributed by atoms with Gasteiger partial charge in [-0.2, -0.15) is 0 Å². The van der Waals surface area contributed by atoms with Crippen molar-refractivity contribution in [3.05, 3.63) is 24.8 Å². The van der Waals surface area contributed by atoms with Gasteiger partial charge in [0.05, 0.1) is 0 Å². The highest BCUT2D eigenvalue weighted by molar-refractivity contribution is 6.16. The average Bonchev–Trinajstić information content (AvgIpc) is 2.36. The van der Waals surface area contributed by atoms with Crippen LogP contribution in [0.5, 0.6) is 0 Å². The van der Waals surface area contributed by atoms with Crippen LogP contribution in [0.15, 0.2) is 24.8 Å². The fourth-order valence-electron chi connectivity index (χ4n) is 0.843. The first-order valence-corrected chi connectivity index (χ1v) is 3.15. The number of nitrogens with zero attached hydrogens (tertiary/aromatic N) is 3. The third kappa shape index (κ3) is 0.675. The quantitative estimate of drug-likeness (QED) is 0.573. The SMILES string of the molecule is Cln1cncc2ccnc1-2. The van der Waals surface area contributed by atoms with E-state index in [-0.39, 0.29) is 0 Å². The minimum atomic E-state index is 0.747. The second-order valence-electron chi connectivity index (χ2n) is 1.93. The molecule has 0 saturated heterocycles. The van der Waals surface area contributed by atoms with Gasteiger partial charge in [0.2, 0.25) is 0 Å². The molecule has 0 atom stereocenters. The fourth-order valence-corrected chi connectivity index (χ4v) is 1.03. The van der Waals surface area contributed by atoms with Crippen LogP contribution >= 0.6 is 11.8 Å². The maximum Gasteiger partial charge on any atom is 0.157 e. The molecule has 0 aromatic rings. The van der Waals surface area contributed by atoms with Gasteiger partial charge < -0.3 is 0 Å². The van der Waals surface area contributed by atoms with Crippen molar-refractivity contribution < 1.29 is 0 Å². The summed E-state index contributed by atoms with van der Waals surface area (Å²) in [6.45, 7) is 0. The molecule has 0 radical (unpaired) electrons. The number of aromatic nitrogens is 3. The minimum Gasteiger partial charge on any atom is -0.245 e. The Morgan fingerprint density at radius 1 is 1.50 bits per heavy atom. The molecule has 0 aromatic carbocycles. The van der Waals surface area contributed by atoms with Crippen LogP contribution in [-0.2, 0) is 0 Å². The predicted octanol–water partition coefficient (Wildman–Crippen LogP) is 1.38. The molecular formula is C6H4ClN3. The van der Waals surface area contributed by atoms with Gasteiger partial charge in [0.25, 0.3) is 0 Å². The summed E-state index contributed by atoms with van der Waals surface area (Å²) in [6.07, 6.45) is 4.93. The standard InChI is InChI=1S/C6H4ClN3/c7-10-4-8-3-5-1-2-9-6(5)10/h1-4H. The molecular weight excluding hydrogens is 150 g/mol. The van der Waals surface area contributed by atoms with Crippen molar-refractivity contribution in [3.8, 4) is 11.4 Å². The minimum absolute atomic E-state index is 0.747. The van der Waals surface area contributed by atoms with Gasteiger partial charge in [-0.15, -0.1) is 0 Å². The Morgan fingerprint density at radius 3 is 3.20 bits per heavy atom. The van der Waals surface area contributed by atoms with Gasteiger partial charge in [0.1, 0.15) is 6.33 Å². The monoisotopic (exact) mass is 153 g/mol. The smallest absolute Gasteiger partial charge is 0.157 e. The van der Waals surface area contributed by atoms with E-state index >= 15 is 0 Å². The first-order chi connectivity index (χ1) is 4.88. The van der Waals surface area contributed by atoms with Crippen LogP contribution < -0.4 is 0 Å². The van der Waals surface area contributed by atoms with Crippen LogP contribution in [0, 0.1) is 0 Å². The third-order valence-electron chi connectivity index (χ3n) is 1.29. The summed E-state index contributed by atoms with van der Waals surface area (Å²) < 4.78 is 1.37. The molecule has 3 nitrogen and oxygen atoms in total. The summed E-state index contributed by atoms with van der Waals surface area (Å²) in [4.78, 5) is 7.88. The molecule has 0 N–H and O–H groups in total. The highest BCUT2D eigenvalue weighted by Gasteiger charge is 2.04. The third-order valence-corrected chi connectivity index (χ3v) is 1.54. The molecule has 0 aromatic heterocycles. The Morgan fingerprint density at radius 2 is 2.40 bits per heavy atom. The number of hydrogen-bond donors (Lipinski definition) is 0. The van der Waals surface area contributed by atoms with Crippen molar-refractivity contribution >= 4 is 11.8 Å². The summed E-state index contributed by atoms with van der Waals surface area (Å²) in [5, 5.41) is 0. The predicted molar refractivity (Wildman–Crippen MR) is 37.9 cm³/mol. The topological polar surface area (TPSA) is 30.7 Å². The molecule has 2 heterocycles. The number of fused-ring (bicyclic) bond motifs is 1. The summed E-state index contributed by atoms with van der Waals surface area (Å²) in [6, 6.07) is 1.86. The van der Waals surface area contributed by atoms with Crippen molar-refractivity contribution in [2.45, 2.75) is 0 Å². The van der Waals surface area contributed by atoms with Gasteiger partial charge in [-0.25, -0.2) is 14.1 Å². The summed E-state index contributed by atoms with van der Waals surface area (Å²) in [7, 11) is 0. The van der Waals surface area contributed by atoms with Gasteiger partial charge in [-0.1, -0.05) is 0 Å². The van der Waals surface area contributed by atoms with Gasteiger partial charge in [-0.05, 0) is 6.07 Å². The van der Waals surface area contributed by atoms with E-state index in [2.05, 4.69) is 9.97 Å². The summed E-state index contributed by atoms with van der Waals surface area (Å²) in [5.74, 6) is 0.747. The van der Waals surface area contributed by atoms with Crippen molar-refractivity contribution in [3.63, 3.8) is 0 Å². The van der Waals surface area contributed by atoms with E-state index in [1.54, 1.807) is 12.4 Å². The highest BCUT2D eigenvalue weighted by Crippen LogP contribution is 2.17. The summed E-state index contributed by atoms with van der Waals surface area (Å²) in [5.41, 5.74) is 0.956. The van der Waals surface area contributed by atoms with Crippen LogP contribution in [0.2, 0.25) is 0 Å². The molecule has 0 saturated carbocycles. The van der Waals surface area contributed by atoms with Crippen molar-refractivity contribution in [2.75, 3.05) is 0 Å². The Kier molecular flexibility index (Phi) is 1.11. The van der Waals surface area contributed by atoms with Gasteiger partial charge >= 0.3 is 0 Å². The van der Waals surface area contributed by atoms with E-state index < -0.39 is 0 Å². The Hall–Kier alpha value is -1.09. The number of hydrogen-bond acceptors (Lipinski definition) is 2. The maximum absolute atomic E-state index is 5.69. The molecule has 2 aliphatic heterocycles. The molecule has 10 heavy (non-hydrogen) atoms. The van der Waals surface area contributed by atoms with Crippen LogP contribution in [0.1, 0.15) is 0 Å². The van der Waals surface area contributed by atoms with Crippen LogP contribution in [0.25, 0.3) is 11.4 Å². The molecule has 2 aliphatic rings. The van der Waals surface area contributed by atoms with E-state index in [0.29, 0.717) is 0 Å². The molecule has 0 fully saturated rings. The molecule has 50 valence electrons. The van der Waals surface area contributed by atoms with Crippen LogP contribution in [0.3, 0.4) is 0 Å². The lowest BCUT2D eigenvalue weighted by Gasteiger charge is -1.98. The highest BCUT2D eigenvalue weighted by atomic mass is 35.5. The lowest BCUT2D eigenvalue weighted by molar-refractivity contribution is 1.06. The fraction of sp³-hybridized carbons (Fsp3) is 0. The van der Waals surface area contributed by atoms with E-state index in [1.165, 1.54) is 10.4 Å². The molecule has 4 heteroatoms. The Bertz CT molecular complexity index is 317. The van der Waals surface area contributed by atoms with E-state index in [0.717, 1.165) is 11.4 Å². The molecule has 0 amide bonds. The van der Waals surface area contributed by atoms with Crippen LogP contribution in [0.4, 0.5) is 0 Å². The van der Waals surface area contributed by atoms with Crippen molar-refractivity contribution in [1.29, 1.82) is 0 Å². The zero-order valence-electron chi connectivity index (χ0n) is 5.03. The molecule has 0 spiro atoms. The van der Waals surface area contributed by atoms with E-state index in [9.17, 15) is 0 Å². The van der Waals surface area contributed by atoms with Gasteiger partial charge in [-0.3, -0.25) is 0 Å². The molecule has 0 unspecified atom stereocenters. The van der Waals surface area contributed by atoms with Crippen molar-refractivity contribution in [2.24, 2.45) is 0 Å². The maximum atomic E-state index is 5.69. The molecule has 0 bridgehead atoms. The van der Waals surface area contributed by atoms with Gasteiger partial charge in [0.15, 0.2) is 5.82 Å². The Labute approximate surface area is 62.7 Å². The average molecular weight is 154 g/mol. The second-order valence-corrected chi connectivity index (χ2v) is 2.29. The number of rotatable bonds is 0. The summed E-state index contributed by atoms with van der Waals surface area (Å²) >= 11 is 5.69. The number of halogens is 1. The zero-order valence-corrected chi connectivity index (χ0v) is 5.78. The lowest BCUT2D eigenvalue weighted by atomic mass is 10.3. The van der Waals surface area contributed by atoms with Crippen LogP contribution in [-0.4, -0.2) is 14.1 Å². The van der Waals surface area contributed by atoms with Crippen molar-refractivity contribution in [1.82, 2.24) is 14.1 Å². The zero-order chi connectivity index (χ0) is 6.97. The lowest BCUT2D eigenvalue weighted by Crippen LogP contribution is -1.91. The first kappa shape index (κ1) is 5.68.